The largest absolute Gasteiger partial charge is 0.326 e. The molecule has 0 aromatic heterocycles. The van der Waals surface area contributed by atoms with Gasteiger partial charge in [-0.2, -0.15) is 12.6 Å². The molecule has 2 aliphatic rings. The molecule has 1 saturated carbocycles. The lowest BCUT2D eigenvalue weighted by Gasteiger charge is -2.42. The SMILES string of the molecule is CN1CC(=O)N(CC2(CS)CCC2)C1=O. The van der Waals surface area contributed by atoms with Crippen LogP contribution in [0.2, 0.25) is 0 Å². The van der Waals surface area contributed by atoms with Crippen molar-refractivity contribution in [3.8, 4) is 0 Å². The standard InChI is InChI=1S/C10H16N2O2S/c1-11-5-8(13)12(9(11)14)6-10(7-15)3-2-4-10/h15H,2-7H2,1H3. The Morgan fingerprint density at radius 2 is 2.07 bits per heavy atom. The van der Waals surface area contributed by atoms with Crippen LogP contribution in [0.1, 0.15) is 19.3 Å². The quantitative estimate of drug-likeness (QED) is 0.578. The van der Waals surface area contributed by atoms with Crippen LogP contribution in [0.5, 0.6) is 0 Å². The summed E-state index contributed by atoms with van der Waals surface area (Å²) in [6.45, 7) is 0.778. The Balaban J connectivity index is 2.05. The van der Waals surface area contributed by atoms with Crippen molar-refractivity contribution >= 4 is 24.6 Å². The number of urea groups is 1. The van der Waals surface area contributed by atoms with Crippen molar-refractivity contribution in [1.82, 2.24) is 9.80 Å². The van der Waals surface area contributed by atoms with Crippen molar-refractivity contribution in [2.24, 2.45) is 5.41 Å². The minimum absolute atomic E-state index is 0.0736. The molecule has 4 nitrogen and oxygen atoms in total. The van der Waals surface area contributed by atoms with Gasteiger partial charge in [0.05, 0.1) is 0 Å². The molecular weight excluding hydrogens is 212 g/mol. The number of carbonyl (C=O) groups excluding carboxylic acids is 2. The van der Waals surface area contributed by atoms with E-state index < -0.39 is 0 Å². The van der Waals surface area contributed by atoms with Gasteiger partial charge in [-0.3, -0.25) is 9.69 Å². The van der Waals surface area contributed by atoms with E-state index in [1.54, 1.807) is 7.05 Å². The van der Waals surface area contributed by atoms with Crippen molar-refractivity contribution in [3.63, 3.8) is 0 Å². The molecule has 1 aliphatic heterocycles. The average molecular weight is 228 g/mol. The zero-order valence-electron chi connectivity index (χ0n) is 8.90. The molecule has 1 saturated heterocycles. The number of carbonyl (C=O) groups is 2. The van der Waals surface area contributed by atoms with Gasteiger partial charge in [-0.05, 0) is 24.0 Å². The number of hydrogen-bond donors (Lipinski definition) is 1. The van der Waals surface area contributed by atoms with Crippen molar-refractivity contribution in [2.45, 2.75) is 19.3 Å². The molecule has 0 atom stereocenters. The van der Waals surface area contributed by atoms with Crippen LogP contribution in [0.25, 0.3) is 0 Å². The van der Waals surface area contributed by atoms with Crippen molar-refractivity contribution in [2.75, 3.05) is 25.9 Å². The van der Waals surface area contributed by atoms with Gasteiger partial charge in [0.25, 0.3) is 0 Å². The maximum Gasteiger partial charge on any atom is 0.326 e. The average Bonchev–Trinajstić information content (AvgIpc) is 2.37. The fraction of sp³-hybridized carbons (Fsp3) is 0.800. The Bertz CT molecular complexity index is 296. The summed E-state index contributed by atoms with van der Waals surface area (Å²) in [5, 5.41) is 0. The second-order valence-corrected chi connectivity index (χ2v) is 4.95. The lowest BCUT2D eigenvalue weighted by molar-refractivity contribution is -0.126. The second kappa shape index (κ2) is 3.70. The summed E-state index contributed by atoms with van der Waals surface area (Å²) in [7, 11) is 1.66. The van der Waals surface area contributed by atoms with E-state index in [1.165, 1.54) is 16.2 Å². The first-order valence-electron chi connectivity index (χ1n) is 5.24. The first-order valence-corrected chi connectivity index (χ1v) is 5.88. The predicted octanol–water partition coefficient (Wildman–Crippen LogP) is 0.980. The van der Waals surface area contributed by atoms with Gasteiger partial charge in [-0.25, -0.2) is 4.79 Å². The van der Waals surface area contributed by atoms with Gasteiger partial charge >= 0.3 is 6.03 Å². The van der Waals surface area contributed by atoms with Gasteiger partial charge in [0, 0.05) is 13.6 Å². The second-order valence-electron chi connectivity index (χ2n) is 4.63. The number of amides is 3. The summed E-state index contributed by atoms with van der Waals surface area (Å²) in [5.74, 6) is 0.684. The normalized spacial score (nSPS) is 24.7. The van der Waals surface area contributed by atoms with Crippen LogP contribution in [0.15, 0.2) is 0 Å². The van der Waals surface area contributed by atoms with Crippen LogP contribution in [0, 0.1) is 5.41 Å². The molecule has 5 heteroatoms. The summed E-state index contributed by atoms with van der Waals surface area (Å²) < 4.78 is 0. The molecule has 84 valence electrons. The fourth-order valence-corrected chi connectivity index (χ4v) is 2.62. The third kappa shape index (κ3) is 1.73. The maximum atomic E-state index is 11.7. The highest BCUT2D eigenvalue weighted by atomic mass is 32.1. The van der Waals surface area contributed by atoms with E-state index in [4.69, 9.17) is 0 Å². The fourth-order valence-electron chi connectivity index (χ4n) is 2.20. The Morgan fingerprint density at radius 1 is 1.40 bits per heavy atom. The topological polar surface area (TPSA) is 40.6 Å². The molecule has 3 amide bonds. The summed E-state index contributed by atoms with van der Waals surface area (Å²) in [6.07, 6.45) is 3.35. The van der Waals surface area contributed by atoms with Crippen LogP contribution in [-0.4, -0.2) is 47.6 Å². The Kier molecular flexibility index (Phi) is 2.66. The summed E-state index contributed by atoms with van der Waals surface area (Å²) in [4.78, 5) is 26.1. The third-order valence-corrected chi connectivity index (χ3v) is 4.14. The predicted molar refractivity (Wildman–Crippen MR) is 59.9 cm³/mol. The number of imide groups is 1. The molecule has 0 bridgehead atoms. The number of rotatable bonds is 3. The molecule has 0 radical (unpaired) electrons. The molecule has 15 heavy (non-hydrogen) atoms. The van der Waals surface area contributed by atoms with Crippen LogP contribution >= 0.6 is 12.6 Å². The van der Waals surface area contributed by atoms with Crippen molar-refractivity contribution < 1.29 is 9.59 Å². The van der Waals surface area contributed by atoms with Gasteiger partial charge in [0.15, 0.2) is 0 Å². The van der Waals surface area contributed by atoms with Crippen molar-refractivity contribution in [3.05, 3.63) is 0 Å². The Labute approximate surface area is 95.0 Å². The summed E-state index contributed by atoms with van der Waals surface area (Å²) >= 11 is 4.32. The zero-order chi connectivity index (χ0) is 11.1. The molecular formula is C10H16N2O2S. The van der Waals surface area contributed by atoms with E-state index in [-0.39, 0.29) is 23.9 Å². The number of thiol groups is 1. The van der Waals surface area contributed by atoms with Gasteiger partial charge in [-0.1, -0.05) is 6.42 Å². The molecule has 1 heterocycles. The first-order chi connectivity index (χ1) is 7.08. The highest BCUT2D eigenvalue weighted by Gasteiger charge is 2.43. The lowest BCUT2D eigenvalue weighted by Crippen LogP contribution is -2.46. The van der Waals surface area contributed by atoms with E-state index >= 15 is 0 Å². The molecule has 2 fully saturated rings. The smallest absolute Gasteiger partial charge is 0.318 e. The summed E-state index contributed by atoms with van der Waals surface area (Å²) in [5.41, 5.74) is 0.0968. The number of hydrogen-bond acceptors (Lipinski definition) is 3. The van der Waals surface area contributed by atoms with E-state index in [0.29, 0.717) is 6.54 Å². The molecule has 1 aliphatic carbocycles. The minimum atomic E-state index is -0.159. The molecule has 0 spiro atoms. The zero-order valence-corrected chi connectivity index (χ0v) is 9.80. The molecule has 2 rings (SSSR count). The molecule has 0 N–H and O–H groups in total. The highest BCUT2D eigenvalue weighted by molar-refractivity contribution is 7.80. The number of likely N-dealkylation sites (N-methyl/N-ethyl adjacent to an activating group) is 1. The molecule has 0 aromatic rings. The van der Waals surface area contributed by atoms with Crippen LogP contribution < -0.4 is 0 Å². The van der Waals surface area contributed by atoms with Crippen LogP contribution in [0.3, 0.4) is 0 Å². The van der Waals surface area contributed by atoms with Crippen molar-refractivity contribution in [1.29, 1.82) is 0 Å². The highest BCUT2D eigenvalue weighted by Crippen LogP contribution is 2.42. The van der Waals surface area contributed by atoms with Crippen LogP contribution in [-0.2, 0) is 4.79 Å². The molecule has 0 unspecified atom stereocenters. The van der Waals surface area contributed by atoms with Gasteiger partial charge < -0.3 is 4.90 Å². The Hall–Kier alpha value is -0.710. The van der Waals surface area contributed by atoms with Crippen LogP contribution in [0.4, 0.5) is 4.79 Å². The monoisotopic (exact) mass is 228 g/mol. The lowest BCUT2D eigenvalue weighted by atomic mass is 9.70. The Morgan fingerprint density at radius 3 is 2.40 bits per heavy atom. The number of nitrogens with zero attached hydrogens (tertiary/aromatic N) is 2. The third-order valence-electron chi connectivity index (χ3n) is 3.47. The van der Waals surface area contributed by atoms with E-state index in [9.17, 15) is 9.59 Å². The molecule has 0 aromatic carbocycles. The summed E-state index contributed by atoms with van der Waals surface area (Å²) in [6, 6.07) is -0.159. The van der Waals surface area contributed by atoms with E-state index in [2.05, 4.69) is 12.6 Å². The first kappa shape index (κ1) is 10.8. The van der Waals surface area contributed by atoms with E-state index in [1.807, 2.05) is 0 Å². The maximum absolute atomic E-state index is 11.7. The van der Waals surface area contributed by atoms with Gasteiger partial charge in [0.2, 0.25) is 5.91 Å². The van der Waals surface area contributed by atoms with Gasteiger partial charge in [-0.15, -0.1) is 0 Å². The minimum Gasteiger partial charge on any atom is -0.318 e. The van der Waals surface area contributed by atoms with E-state index in [0.717, 1.165) is 18.6 Å². The van der Waals surface area contributed by atoms with Gasteiger partial charge in [0.1, 0.15) is 6.54 Å².